The summed E-state index contributed by atoms with van der Waals surface area (Å²) >= 11 is 0. The monoisotopic (exact) mass is 292 g/mol. The number of carbonyl (C=O) groups excluding carboxylic acids is 2. The number of fused-ring (bicyclic) bond motifs is 1. The maximum absolute atomic E-state index is 12.4. The van der Waals surface area contributed by atoms with E-state index in [4.69, 9.17) is 9.47 Å². The van der Waals surface area contributed by atoms with E-state index in [1.807, 2.05) is 13.0 Å². The molecule has 0 saturated heterocycles. The molecule has 3 atom stereocenters. The van der Waals surface area contributed by atoms with E-state index in [-0.39, 0.29) is 5.92 Å². The van der Waals surface area contributed by atoms with Gasteiger partial charge in [-0.2, -0.15) is 0 Å². The summed E-state index contributed by atoms with van der Waals surface area (Å²) in [5.74, 6) is -1.90. The van der Waals surface area contributed by atoms with Crippen molar-refractivity contribution in [3.8, 4) is 0 Å². The van der Waals surface area contributed by atoms with Crippen molar-refractivity contribution in [3.05, 3.63) is 36.0 Å². The van der Waals surface area contributed by atoms with Crippen LogP contribution < -0.4 is 0 Å². The maximum Gasteiger partial charge on any atom is 0.327 e. The van der Waals surface area contributed by atoms with Gasteiger partial charge in [-0.1, -0.05) is 30.4 Å². The van der Waals surface area contributed by atoms with Gasteiger partial charge >= 0.3 is 11.9 Å². The summed E-state index contributed by atoms with van der Waals surface area (Å²) in [7, 11) is 2.48. The smallest absolute Gasteiger partial charge is 0.327 e. The zero-order valence-electron chi connectivity index (χ0n) is 12.5. The molecule has 0 radical (unpaired) electrons. The molecule has 0 heterocycles. The van der Waals surface area contributed by atoms with E-state index >= 15 is 0 Å². The average molecular weight is 292 g/mol. The summed E-state index contributed by atoms with van der Waals surface area (Å²) in [4.78, 5) is 24.7. The Kier molecular flexibility index (Phi) is 4.05. The van der Waals surface area contributed by atoms with Crippen LogP contribution in [0.4, 0.5) is 0 Å². The molecule has 0 aromatic rings. The quantitative estimate of drug-likeness (QED) is 0.483. The second-order valence-electron chi connectivity index (χ2n) is 5.55. The lowest BCUT2D eigenvalue weighted by atomic mass is 9.69. The molecule has 0 aliphatic heterocycles. The third-order valence-electron chi connectivity index (χ3n) is 4.34. The fourth-order valence-electron chi connectivity index (χ4n) is 3.35. The van der Waals surface area contributed by atoms with Crippen LogP contribution in [-0.4, -0.2) is 37.4 Å². The fourth-order valence-corrected chi connectivity index (χ4v) is 3.35. The number of aliphatic hydroxyl groups excluding tert-OH is 1. The lowest BCUT2D eigenvalue weighted by molar-refractivity contribution is -0.169. The molecule has 0 aromatic heterocycles. The molecule has 2 aliphatic carbocycles. The van der Waals surface area contributed by atoms with Crippen LogP contribution >= 0.6 is 0 Å². The molecule has 5 nitrogen and oxygen atoms in total. The molecular weight excluding hydrogens is 272 g/mol. The van der Waals surface area contributed by atoms with Gasteiger partial charge in [0.2, 0.25) is 0 Å². The minimum Gasteiger partial charge on any atom is -0.468 e. The van der Waals surface area contributed by atoms with Gasteiger partial charge in [0.1, 0.15) is 0 Å². The van der Waals surface area contributed by atoms with Crippen LogP contribution in [0.1, 0.15) is 13.3 Å². The molecule has 114 valence electrons. The van der Waals surface area contributed by atoms with E-state index < -0.39 is 29.4 Å². The lowest BCUT2D eigenvalue weighted by Crippen LogP contribution is -2.47. The average Bonchev–Trinajstić information content (AvgIpc) is 2.81. The first-order valence-corrected chi connectivity index (χ1v) is 6.80. The van der Waals surface area contributed by atoms with E-state index in [1.54, 1.807) is 12.2 Å². The minimum atomic E-state index is -1.52. The van der Waals surface area contributed by atoms with E-state index in [9.17, 15) is 14.7 Å². The second kappa shape index (κ2) is 5.48. The number of carbonyl (C=O) groups is 2. The highest BCUT2D eigenvalue weighted by atomic mass is 16.5. The van der Waals surface area contributed by atoms with Crippen molar-refractivity contribution >= 4 is 11.9 Å². The van der Waals surface area contributed by atoms with Crippen molar-refractivity contribution in [2.45, 2.75) is 19.4 Å². The van der Waals surface area contributed by atoms with Gasteiger partial charge in [0.05, 0.1) is 20.3 Å². The zero-order valence-corrected chi connectivity index (χ0v) is 12.5. The highest BCUT2D eigenvalue weighted by Crippen LogP contribution is 2.53. The van der Waals surface area contributed by atoms with Crippen molar-refractivity contribution in [2.24, 2.45) is 17.3 Å². The van der Waals surface area contributed by atoms with Crippen LogP contribution in [0.25, 0.3) is 0 Å². The number of allylic oxidation sites excluding steroid dienone is 3. The van der Waals surface area contributed by atoms with E-state index in [0.29, 0.717) is 6.42 Å². The molecule has 21 heavy (non-hydrogen) atoms. The molecule has 0 spiro atoms. The van der Waals surface area contributed by atoms with Gasteiger partial charge in [-0.25, -0.2) is 0 Å². The number of hydrogen-bond acceptors (Lipinski definition) is 5. The van der Waals surface area contributed by atoms with Crippen LogP contribution in [0.5, 0.6) is 0 Å². The van der Waals surface area contributed by atoms with Gasteiger partial charge in [-0.3, -0.25) is 9.59 Å². The first-order valence-electron chi connectivity index (χ1n) is 6.80. The Morgan fingerprint density at radius 2 is 1.86 bits per heavy atom. The van der Waals surface area contributed by atoms with Crippen molar-refractivity contribution in [2.75, 3.05) is 14.2 Å². The molecule has 5 heteroatoms. The van der Waals surface area contributed by atoms with Crippen LogP contribution in [0.15, 0.2) is 36.0 Å². The summed E-state index contributed by atoms with van der Waals surface area (Å²) in [5, 5.41) is 9.89. The molecular formula is C16H20O5. The third kappa shape index (κ3) is 2.21. The normalized spacial score (nSPS) is 29.3. The molecule has 2 rings (SSSR count). The first kappa shape index (κ1) is 15.5. The van der Waals surface area contributed by atoms with Crippen molar-refractivity contribution in [3.63, 3.8) is 0 Å². The predicted molar refractivity (Wildman–Crippen MR) is 76.1 cm³/mol. The summed E-state index contributed by atoms with van der Waals surface area (Å²) in [6.45, 7) is 5.74. The molecule has 0 aromatic carbocycles. The summed E-state index contributed by atoms with van der Waals surface area (Å²) in [5.41, 5.74) is 0.0773. The van der Waals surface area contributed by atoms with Gasteiger partial charge < -0.3 is 14.6 Å². The van der Waals surface area contributed by atoms with Gasteiger partial charge in [-0.15, -0.1) is 0 Å². The topological polar surface area (TPSA) is 72.8 Å². The SMILES string of the molecule is C=C(C)C1=CC(C(=O)OC)(C(=O)OC)[C@@H]2C[C@@H](O)C=C[C@H]12. The zero-order chi connectivity index (χ0) is 15.8. The molecule has 0 unspecified atom stereocenters. The largest absolute Gasteiger partial charge is 0.468 e. The molecule has 1 N–H and O–H groups in total. The van der Waals surface area contributed by atoms with Crippen molar-refractivity contribution < 1.29 is 24.2 Å². The Bertz CT molecular complexity index is 527. The van der Waals surface area contributed by atoms with E-state index in [2.05, 4.69) is 6.58 Å². The van der Waals surface area contributed by atoms with E-state index in [0.717, 1.165) is 11.1 Å². The number of methoxy groups -OCH3 is 2. The molecule has 0 amide bonds. The van der Waals surface area contributed by atoms with Gasteiger partial charge in [0.25, 0.3) is 0 Å². The van der Waals surface area contributed by atoms with Crippen LogP contribution in [0.3, 0.4) is 0 Å². The predicted octanol–water partition coefficient (Wildman–Crippen LogP) is 1.39. The Morgan fingerprint density at radius 3 is 2.33 bits per heavy atom. The Labute approximate surface area is 123 Å². The third-order valence-corrected chi connectivity index (χ3v) is 4.34. The first-order chi connectivity index (χ1) is 9.88. The molecule has 0 fully saturated rings. The Balaban J connectivity index is 2.62. The summed E-state index contributed by atoms with van der Waals surface area (Å²) < 4.78 is 9.71. The summed E-state index contributed by atoms with van der Waals surface area (Å²) in [6, 6.07) is 0. The summed E-state index contributed by atoms with van der Waals surface area (Å²) in [6.07, 6.45) is 4.71. The highest BCUT2D eigenvalue weighted by molar-refractivity contribution is 6.04. The standard InChI is InChI=1S/C16H20O5/c1-9(2)12-8-16(14(18)20-3,15(19)21-4)13-7-10(17)5-6-11(12)13/h5-6,8,10-11,13,17H,1,7H2,2-4H3/t10-,11+,13+/m0/s1. The van der Waals surface area contributed by atoms with Gasteiger partial charge in [0, 0.05) is 11.8 Å². The number of hydrogen-bond donors (Lipinski definition) is 1. The molecule has 0 saturated carbocycles. The second-order valence-corrected chi connectivity index (χ2v) is 5.55. The molecule has 0 bridgehead atoms. The maximum atomic E-state index is 12.4. The highest BCUT2D eigenvalue weighted by Gasteiger charge is 2.60. The van der Waals surface area contributed by atoms with Gasteiger partial charge in [-0.05, 0) is 18.9 Å². The van der Waals surface area contributed by atoms with Crippen molar-refractivity contribution in [1.29, 1.82) is 0 Å². The number of esters is 2. The number of aliphatic hydroxyl groups is 1. The van der Waals surface area contributed by atoms with Crippen LogP contribution in [0, 0.1) is 17.3 Å². The number of rotatable bonds is 3. The van der Waals surface area contributed by atoms with Crippen molar-refractivity contribution in [1.82, 2.24) is 0 Å². The van der Waals surface area contributed by atoms with Gasteiger partial charge in [0.15, 0.2) is 5.41 Å². The lowest BCUT2D eigenvalue weighted by Gasteiger charge is -2.35. The Morgan fingerprint density at radius 1 is 1.29 bits per heavy atom. The number of ether oxygens (including phenoxy) is 2. The fraction of sp³-hybridized carbons (Fsp3) is 0.500. The Hall–Kier alpha value is -1.88. The van der Waals surface area contributed by atoms with Crippen LogP contribution in [0.2, 0.25) is 0 Å². The molecule has 2 aliphatic rings. The van der Waals surface area contributed by atoms with Crippen LogP contribution in [-0.2, 0) is 19.1 Å². The van der Waals surface area contributed by atoms with E-state index in [1.165, 1.54) is 14.2 Å². The minimum absolute atomic E-state index is 0.149.